The lowest BCUT2D eigenvalue weighted by molar-refractivity contribution is -0.387. The van der Waals surface area contributed by atoms with Crippen molar-refractivity contribution < 1.29 is 27.2 Å². The number of nitrogens with one attached hydrogen (secondary N) is 1. The molecule has 2 N–H and O–H groups in total. The average Bonchev–Trinajstić information content (AvgIpc) is 2.51. The SMILES string of the molecule is CS(=O)(=O)c1cc(NCC(O)c2c(F)cccc2F)ccc1[N+](=O)[O-]. The molecule has 0 saturated heterocycles. The van der Waals surface area contributed by atoms with Crippen LogP contribution < -0.4 is 5.32 Å². The molecule has 134 valence electrons. The molecule has 0 aliphatic carbocycles. The first kappa shape index (κ1) is 18.7. The van der Waals surface area contributed by atoms with Crippen molar-refractivity contribution in [1.82, 2.24) is 0 Å². The number of sulfone groups is 1. The van der Waals surface area contributed by atoms with Crippen LogP contribution in [0.15, 0.2) is 41.3 Å². The standard InChI is InChI=1S/C15H14F2N2O5S/c1-25(23,24)14-7-9(5-6-12(14)19(21)22)18-8-13(20)15-10(16)3-2-4-11(15)17/h2-7,13,18,20H,8H2,1H3. The number of nitro groups is 1. The summed E-state index contributed by atoms with van der Waals surface area (Å²) in [5.74, 6) is -1.84. The fourth-order valence-electron chi connectivity index (χ4n) is 2.22. The van der Waals surface area contributed by atoms with Crippen molar-refractivity contribution in [3.63, 3.8) is 0 Å². The second kappa shape index (κ2) is 7.11. The highest BCUT2D eigenvalue weighted by Crippen LogP contribution is 2.28. The lowest BCUT2D eigenvalue weighted by atomic mass is 10.1. The smallest absolute Gasteiger partial charge is 0.288 e. The van der Waals surface area contributed by atoms with E-state index >= 15 is 0 Å². The van der Waals surface area contributed by atoms with Crippen molar-refractivity contribution in [1.29, 1.82) is 0 Å². The largest absolute Gasteiger partial charge is 0.386 e. The van der Waals surface area contributed by atoms with Gasteiger partial charge in [-0.3, -0.25) is 10.1 Å². The molecule has 0 heterocycles. The summed E-state index contributed by atoms with van der Waals surface area (Å²) in [6, 6.07) is 6.40. The molecule has 0 aromatic heterocycles. The maximum Gasteiger partial charge on any atom is 0.288 e. The zero-order valence-corrected chi connectivity index (χ0v) is 13.8. The molecule has 1 unspecified atom stereocenters. The molecule has 7 nitrogen and oxygen atoms in total. The van der Waals surface area contributed by atoms with Gasteiger partial charge in [0.15, 0.2) is 9.84 Å². The van der Waals surface area contributed by atoms with Crippen LogP contribution in [0.5, 0.6) is 0 Å². The summed E-state index contributed by atoms with van der Waals surface area (Å²) >= 11 is 0. The molecule has 10 heteroatoms. The van der Waals surface area contributed by atoms with Crippen LogP contribution in [0.1, 0.15) is 11.7 Å². The van der Waals surface area contributed by atoms with Gasteiger partial charge in [-0.25, -0.2) is 17.2 Å². The van der Waals surface area contributed by atoms with Crippen LogP contribution in [-0.4, -0.2) is 31.2 Å². The number of halogens is 2. The van der Waals surface area contributed by atoms with Crippen LogP contribution >= 0.6 is 0 Å². The van der Waals surface area contributed by atoms with E-state index in [1.54, 1.807) is 0 Å². The van der Waals surface area contributed by atoms with Gasteiger partial charge in [-0.1, -0.05) is 6.07 Å². The summed E-state index contributed by atoms with van der Waals surface area (Å²) in [6.45, 7) is -0.334. The molecule has 2 aromatic rings. The number of anilines is 1. The van der Waals surface area contributed by atoms with Gasteiger partial charge >= 0.3 is 0 Å². The Morgan fingerprint density at radius 3 is 2.36 bits per heavy atom. The van der Waals surface area contributed by atoms with Gasteiger partial charge in [0.25, 0.3) is 5.69 Å². The van der Waals surface area contributed by atoms with Crippen molar-refractivity contribution in [3.8, 4) is 0 Å². The fourth-order valence-corrected chi connectivity index (χ4v) is 3.08. The zero-order valence-electron chi connectivity index (χ0n) is 12.9. The van der Waals surface area contributed by atoms with Crippen molar-refractivity contribution in [2.45, 2.75) is 11.0 Å². The number of rotatable bonds is 6. The number of hydrogen-bond donors (Lipinski definition) is 2. The maximum atomic E-state index is 13.6. The van der Waals surface area contributed by atoms with E-state index in [0.29, 0.717) is 0 Å². The highest BCUT2D eigenvalue weighted by atomic mass is 32.2. The van der Waals surface area contributed by atoms with Crippen molar-refractivity contribution in [2.75, 3.05) is 18.1 Å². The molecule has 0 amide bonds. The minimum Gasteiger partial charge on any atom is -0.386 e. The Morgan fingerprint density at radius 2 is 1.84 bits per heavy atom. The molecule has 0 fully saturated rings. The van der Waals surface area contributed by atoms with Crippen LogP contribution in [0.4, 0.5) is 20.2 Å². The number of hydrogen-bond acceptors (Lipinski definition) is 6. The molecule has 0 aliphatic rings. The van der Waals surface area contributed by atoms with E-state index in [2.05, 4.69) is 5.32 Å². The van der Waals surface area contributed by atoms with E-state index in [4.69, 9.17) is 0 Å². The highest BCUT2D eigenvalue weighted by molar-refractivity contribution is 7.90. The van der Waals surface area contributed by atoms with Gasteiger partial charge in [-0.2, -0.15) is 0 Å². The third-order valence-corrected chi connectivity index (χ3v) is 4.51. The first-order valence-electron chi connectivity index (χ1n) is 6.95. The Kier molecular flexibility index (Phi) is 5.33. The van der Waals surface area contributed by atoms with Gasteiger partial charge in [-0.15, -0.1) is 0 Å². The lowest BCUT2D eigenvalue weighted by Gasteiger charge is -2.15. The van der Waals surface area contributed by atoms with Crippen LogP contribution in [-0.2, 0) is 9.84 Å². The molecule has 0 bridgehead atoms. The van der Waals surface area contributed by atoms with Gasteiger partial charge in [0, 0.05) is 24.6 Å². The molecule has 0 radical (unpaired) electrons. The monoisotopic (exact) mass is 372 g/mol. The van der Waals surface area contributed by atoms with Crippen LogP contribution in [0.3, 0.4) is 0 Å². The zero-order chi connectivity index (χ0) is 18.8. The van der Waals surface area contributed by atoms with Crippen LogP contribution in [0.2, 0.25) is 0 Å². The number of nitro benzene ring substituents is 1. The Labute approximate surface area is 142 Å². The summed E-state index contributed by atoms with van der Waals surface area (Å²) in [6.07, 6.45) is -0.721. The van der Waals surface area contributed by atoms with Gasteiger partial charge in [-0.05, 0) is 24.3 Å². The van der Waals surface area contributed by atoms with Crippen LogP contribution in [0.25, 0.3) is 0 Å². The molecule has 2 rings (SSSR count). The molecule has 2 aromatic carbocycles. The summed E-state index contributed by atoms with van der Waals surface area (Å²) in [5, 5.41) is 23.5. The second-order valence-electron chi connectivity index (χ2n) is 5.24. The van der Waals surface area contributed by atoms with Gasteiger partial charge < -0.3 is 10.4 Å². The fraction of sp³-hybridized carbons (Fsp3) is 0.200. The Balaban J connectivity index is 2.25. The molecular weight excluding hydrogens is 358 g/mol. The Morgan fingerprint density at radius 1 is 1.24 bits per heavy atom. The van der Waals surface area contributed by atoms with Crippen molar-refractivity contribution in [3.05, 3.63) is 63.7 Å². The second-order valence-corrected chi connectivity index (χ2v) is 7.23. The minimum atomic E-state index is -3.87. The normalized spacial score (nSPS) is 12.6. The number of nitrogens with zero attached hydrogens (tertiary/aromatic N) is 1. The minimum absolute atomic E-state index is 0.141. The lowest BCUT2D eigenvalue weighted by Crippen LogP contribution is -2.15. The molecule has 0 aliphatic heterocycles. The van der Waals surface area contributed by atoms with E-state index < -0.39 is 48.6 Å². The van der Waals surface area contributed by atoms with E-state index in [0.717, 1.165) is 36.6 Å². The maximum absolute atomic E-state index is 13.6. The van der Waals surface area contributed by atoms with E-state index in [-0.39, 0.29) is 12.2 Å². The number of aliphatic hydroxyl groups is 1. The molecular formula is C15H14F2N2O5S. The third kappa shape index (κ3) is 4.28. The Bertz CT molecular complexity index is 898. The number of aliphatic hydroxyl groups excluding tert-OH is 1. The molecule has 0 spiro atoms. The van der Waals surface area contributed by atoms with E-state index in [1.165, 1.54) is 6.07 Å². The van der Waals surface area contributed by atoms with E-state index in [9.17, 15) is 32.4 Å². The average molecular weight is 372 g/mol. The van der Waals surface area contributed by atoms with Crippen LogP contribution in [0, 0.1) is 21.7 Å². The van der Waals surface area contributed by atoms with Crippen molar-refractivity contribution >= 4 is 21.2 Å². The third-order valence-electron chi connectivity index (χ3n) is 3.39. The topological polar surface area (TPSA) is 110 Å². The highest BCUT2D eigenvalue weighted by Gasteiger charge is 2.23. The summed E-state index contributed by atoms with van der Waals surface area (Å²) in [7, 11) is -3.87. The summed E-state index contributed by atoms with van der Waals surface area (Å²) in [5.41, 5.74) is -0.976. The van der Waals surface area contributed by atoms with Crippen molar-refractivity contribution in [2.24, 2.45) is 0 Å². The molecule has 0 saturated carbocycles. The first-order chi connectivity index (χ1) is 11.6. The first-order valence-corrected chi connectivity index (χ1v) is 8.84. The van der Waals surface area contributed by atoms with Gasteiger partial charge in [0.2, 0.25) is 0 Å². The predicted octanol–water partition coefficient (Wildman–Crippen LogP) is 2.42. The number of benzene rings is 2. The summed E-state index contributed by atoms with van der Waals surface area (Å²) < 4.78 is 50.6. The summed E-state index contributed by atoms with van der Waals surface area (Å²) in [4.78, 5) is 9.57. The van der Waals surface area contributed by atoms with E-state index in [1.807, 2.05) is 0 Å². The Hall–Kier alpha value is -2.59. The van der Waals surface area contributed by atoms with Gasteiger partial charge in [0.05, 0.1) is 10.5 Å². The quantitative estimate of drug-likeness (QED) is 0.595. The molecule has 25 heavy (non-hydrogen) atoms. The van der Waals surface area contributed by atoms with Gasteiger partial charge in [0.1, 0.15) is 22.6 Å². The molecule has 1 atom stereocenters. The predicted molar refractivity (Wildman–Crippen MR) is 86.0 cm³/mol.